The average molecular weight is 909 g/mol. The van der Waals surface area contributed by atoms with Gasteiger partial charge in [0.15, 0.2) is 0 Å². The minimum atomic E-state index is -0.804. The van der Waals surface area contributed by atoms with Gasteiger partial charge in [-0.25, -0.2) is 23.3 Å². The number of fused-ring (bicyclic) bond motifs is 3. The molecule has 9 heterocycles. The number of morpholine rings is 1. The molecule has 2 N–H and O–H groups in total. The van der Waals surface area contributed by atoms with Gasteiger partial charge in [-0.3, -0.25) is 34.4 Å². The molecular formula is C48H50F2N14O3. The van der Waals surface area contributed by atoms with Gasteiger partial charge in [0.05, 0.1) is 78.4 Å². The smallest absolute Gasteiger partial charge is 0.249 e. The van der Waals surface area contributed by atoms with Crippen molar-refractivity contribution in [1.29, 1.82) is 5.26 Å². The van der Waals surface area contributed by atoms with Gasteiger partial charge in [0.25, 0.3) is 0 Å². The van der Waals surface area contributed by atoms with E-state index in [1.165, 1.54) is 6.07 Å². The maximum absolute atomic E-state index is 15.4. The summed E-state index contributed by atoms with van der Waals surface area (Å²) in [6.07, 6.45) is 15.2. The van der Waals surface area contributed by atoms with Gasteiger partial charge in [-0.05, 0) is 56.4 Å². The van der Waals surface area contributed by atoms with Gasteiger partial charge in [0.2, 0.25) is 11.8 Å². The second kappa shape index (κ2) is 18.1. The number of rotatable bonds is 10. The van der Waals surface area contributed by atoms with E-state index in [0.29, 0.717) is 54.8 Å². The summed E-state index contributed by atoms with van der Waals surface area (Å²) in [5.41, 5.74) is 5.15. The number of imide groups is 1. The van der Waals surface area contributed by atoms with Crippen molar-refractivity contribution in [3.8, 4) is 28.6 Å². The summed E-state index contributed by atoms with van der Waals surface area (Å²) in [6.45, 7) is 6.26. The van der Waals surface area contributed by atoms with Crippen LogP contribution in [0.2, 0.25) is 0 Å². The van der Waals surface area contributed by atoms with E-state index in [0.717, 1.165) is 87.1 Å². The molecule has 5 aromatic heterocycles. The number of nitriles is 1. The van der Waals surface area contributed by atoms with Gasteiger partial charge in [-0.15, -0.1) is 0 Å². The van der Waals surface area contributed by atoms with E-state index in [1.54, 1.807) is 10.7 Å². The van der Waals surface area contributed by atoms with Crippen molar-refractivity contribution >= 4 is 34.5 Å². The second-order valence-corrected chi connectivity index (χ2v) is 18.2. The van der Waals surface area contributed by atoms with Crippen LogP contribution >= 0.6 is 0 Å². The van der Waals surface area contributed by atoms with Crippen LogP contribution in [-0.4, -0.2) is 133 Å². The number of carbonyl (C=O) groups is 2. The number of ether oxygens (including phenoxy) is 1. The second-order valence-electron chi connectivity index (χ2n) is 18.2. The number of benzene rings is 1. The Kier molecular flexibility index (Phi) is 11.5. The van der Waals surface area contributed by atoms with Crippen LogP contribution in [0.5, 0.6) is 0 Å². The number of aromatic nitrogens is 7. The van der Waals surface area contributed by atoms with E-state index in [9.17, 15) is 14.9 Å². The van der Waals surface area contributed by atoms with E-state index in [1.807, 2.05) is 64.8 Å². The number of piperidine rings is 1. The van der Waals surface area contributed by atoms with E-state index in [4.69, 9.17) is 19.8 Å². The molecule has 2 amide bonds. The zero-order valence-corrected chi connectivity index (χ0v) is 36.8. The van der Waals surface area contributed by atoms with Gasteiger partial charge in [-0.2, -0.15) is 15.5 Å². The lowest BCUT2D eigenvalue weighted by Gasteiger charge is -2.50. The van der Waals surface area contributed by atoms with Crippen LogP contribution in [-0.2, 0) is 20.9 Å². The number of hydrogen-bond acceptors (Lipinski definition) is 14. The minimum absolute atomic E-state index is 0.0968. The molecule has 6 aromatic rings. The Morgan fingerprint density at radius 2 is 1.63 bits per heavy atom. The van der Waals surface area contributed by atoms with Gasteiger partial charge in [0.1, 0.15) is 40.6 Å². The fourth-order valence-electron chi connectivity index (χ4n) is 10.6. The predicted octanol–water partition coefficient (Wildman–Crippen LogP) is 4.81. The molecule has 3 unspecified atom stereocenters. The minimum Gasteiger partial charge on any atom is -0.378 e. The van der Waals surface area contributed by atoms with E-state index in [-0.39, 0.29) is 48.2 Å². The van der Waals surface area contributed by atoms with Crippen LogP contribution < -0.4 is 20.4 Å². The van der Waals surface area contributed by atoms with Crippen LogP contribution in [0.25, 0.3) is 28.0 Å². The highest BCUT2D eigenvalue weighted by molar-refractivity contribution is 6.01. The Labute approximate surface area is 385 Å². The van der Waals surface area contributed by atoms with Crippen molar-refractivity contribution in [2.24, 2.45) is 0 Å². The zero-order valence-electron chi connectivity index (χ0n) is 36.8. The Morgan fingerprint density at radius 3 is 2.36 bits per heavy atom. The van der Waals surface area contributed by atoms with Crippen LogP contribution in [0.3, 0.4) is 0 Å². The lowest BCUT2D eigenvalue weighted by atomic mass is 9.90. The molecular weight excluding hydrogens is 859 g/mol. The van der Waals surface area contributed by atoms with E-state index < -0.39 is 23.6 Å². The lowest BCUT2D eigenvalue weighted by molar-refractivity contribution is -0.133. The molecule has 2 bridgehead atoms. The monoisotopic (exact) mass is 908 g/mol. The molecule has 17 nitrogen and oxygen atoms in total. The molecule has 67 heavy (non-hydrogen) atoms. The first-order valence-corrected chi connectivity index (χ1v) is 23.1. The molecule has 1 aromatic carbocycles. The molecule has 0 spiro atoms. The third-order valence-electron chi connectivity index (χ3n) is 14.2. The fourth-order valence-corrected chi connectivity index (χ4v) is 10.6. The number of piperazine rings is 2. The maximum atomic E-state index is 15.4. The summed E-state index contributed by atoms with van der Waals surface area (Å²) in [5.74, 6) is -1.23. The number of nitrogens with one attached hydrogen (secondary N) is 2. The summed E-state index contributed by atoms with van der Waals surface area (Å²) < 4.78 is 40.3. The first kappa shape index (κ1) is 42.7. The predicted molar refractivity (Wildman–Crippen MR) is 244 cm³/mol. The topological polar surface area (TPSA) is 178 Å². The molecule has 4 aliphatic heterocycles. The molecule has 344 valence electrons. The molecule has 3 atom stereocenters. The number of hydrogen-bond donors (Lipinski definition) is 2. The molecule has 19 heteroatoms. The van der Waals surface area contributed by atoms with Crippen molar-refractivity contribution in [3.63, 3.8) is 0 Å². The molecule has 11 rings (SSSR count). The van der Waals surface area contributed by atoms with Crippen LogP contribution in [0.4, 0.5) is 26.0 Å². The highest BCUT2D eigenvalue weighted by atomic mass is 19.1. The summed E-state index contributed by atoms with van der Waals surface area (Å²) in [7, 11) is 0. The van der Waals surface area contributed by atoms with Crippen molar-refractivity contribution in [1.82, 2.24) is 49.5 Å². The number of amides is 2. The number of carbonyl (C=O) groups excluding carboxylic acids is 2. The van der Waals surface area contributed by atoms with Crippen molar-refractivity contribution in [2.45, 2.75) is 75.3 Å². The molecule has 5 aliphatic rings. The maximum Gasteiger partial charge on any atom is 0.249 e. The SMILES string of the molecule is N#Cc1cnn2cc(-c3cnn([C@H]4CC[C@H](N5CCN(c6cc(F)c(NC7CCC(=O)NC7=O)cc6F)CC5)CC4)c3)nc(-c3ccc(N4CC5COCC(C4)N5Cc4ccccn4)nc3)c12. The third-order valence-corrected chi connectivity index (χ3v) is 14.2. The quantitative estimate of drug-likeness (QED) is 0.179. The molecule has 5 fully saturated rings. The zero-order chi connectivity index (χ0) is 45.6. The van der Waals surface area contributed by atoms with Crippen molar-refractivity contribution < 1.29 is 23.1 Å². The van der Waals surface area contributed by atoms with Gasteiger partial charge < -0.3 is 19.9 Å². The largest absolute Gasteiger partial charge is 0.378 e. The van der Waals surface area contributed by atoms with Crippen LogP contribution in [0, 0.1) is 23.0 Å². The van der Waals surface area contributed by atoms with Gasteiger partial charge in [0, 0.05) is 100 Å². The first-order valence-electron chi connectivity index (χ1n) is 23.1. The van der Waals surface area contributed by atoms with Gasteiger partial charge in [-0.1, -0.05) is 6.07 Å². The first-order chi connectivity index (χ1) is 32.7. The standard InChI is InChI=1S/C48H50F2N14O3/c49-38-18-43(39(50)17-41(38)56-40-9-11-45(65)58-48(40)66)60-15-13-59(14-16-60)34-5-7-35(8-6-34)63-23-32(22-54-63)42-27-64-47(31(19-51)21-55-64)46(57-42)30-4-10-44(53-20-30)61-25-36-28-67-29-37(26-61)62(36)24-33-3-1-2-12-52-33/h1-4,10,12,17-18,20-23,27,34-37,40,56H,5-9,11,13-16,24-26,28-29H2,(H,58,65,66)/t34-,35-,36?,37?,40?. The average Bonchev–Trinajstić information content (AvgIpc) is 4.02. The van der Waals surface area contributed by atoms with E-state index in [2.05, 4.69) is 47.6 Å². The highest BCUT2D eigenvalue weighted by Crippen LogP contribution is 2.36. The summed E-state index contributed by atoms with van der Waals surface area (Å²) in [5, 5.41) is 24.4. The number of pyridine rings is 2. The van der Waals surface area contributed by atoms with E-state index >= 15 is 8.78 Å². The molecule has 1 saturated carbocycles. The summed E-state index contributed by atoms with van der Waals surface area (Å²) >= 11 is 0. The number of anilines is 3. The third kappa shape index (κ3) is 8.56. The van der Waals surface area contributed by atoms with Crippen LogP contribution in [0.15, 0.2) is 79.6 Å². The Hall–Kier alpha value is -6.88. The number of halogens is 2. The Morgan fingerprint density at radius 1 is 0.821 bits per heavy atom. The summed E-state index contributed by atoms with van der Waals surface area (Å²) in [6, 6.07) is 14.9. The molecule has 4 saturated heterocycles. The highest BCUT2D eigenvalue weighted by Gasteiger charge is 2.39. The fraction of sp³-hybridized carbons (Fsp3) is 0.417. The normalized spacial score (nSPS) is 23.9. The molecule has 0 radical (unpaired) electrons. The Balaban J connectivity index is 0.725. The van der Waals surface area contributed by atoms with Gasteiger partial charge >= 0.3 is 0 Å². The lowest BCUT2D eigenvalue weighted by Crippen LogP contribution is -2.64. The summed E-state index contributed by atoms with van der Waals surface area (Å²) in [4.78, 5) is 47.5. The van der Waals surface area contributed by atoms with Crippen molar-refractivity contribution in [2.75, 3.05) is 67.6 Å². The van der Waals surface area contributed by atoms with Crippen LogP contribution in [0.1, 0.15) is 55.8 Å². The number of nitrogens with zero attached hydrogens (tertiary/aromatic N) is 12. The molecule has 1 aliphatic carbocycles. The Bertz CT molecular complexity index is 2820. The van der Waals surface area contributed by atoms with Crippen molar-refractivity contribution in [3.05, 3.63) is 103 Å².